The van der Waals surface area contributed by atoms with Crippen molar-refractivity contribution < 1.29 is 14.3 Å². The number of Topliss-reactive ketones (excluding diaryl/α,β-unsaturated/α-hetero) is 1. The quantitative estimate of drug-likeness (QED) is 0.514. The molecule has 2 saturated carbocycles. The molecule has 0 N–H and O–H groups in total. The molecule has 0 aromatic carbocycles. The number of carbonyl (C=O) groups excluding carboxylic acids is 2. The fourth-order valence-electron chi connectivity index (χ4n) is 2.59. The highest BCUT2D eigenvalue weighted by Gasteiger charge is 2.62. The maximum Gasteiger partial charge on any atom is 0.309 e. The van der Waals surface area contributed by atoms with Crippen molar-refractivity contribution >= 4 is 11.8 Å². The van der Waals surface area contributed by atoms with Crippen molar-refractivity contribution in [1.29, 1.82) is 0 Å². The summed E-state index contributed by atoms with van der Waals surface area (Å²) in [4.78, 5) is 22.9. The Bertz CT molecular complexity index is 272. The lowest BCUT2D eigenvalue weighted by atomic mass is 10.1. The number of rotatable bonds is 5. The highest BCUT2D eigenvalue weighted by atomic mass is 16.5. The van der Waals surface area contributed by atoms with E-state index in [2.05, 4.69) is 6.92 Å². The third-order valence-corrected chi connectivity index (χ3v) is 3.53. The van der Waals surface area contributed by atoms with Gasteiger partial charge in [0.15, 0.2) is 0 Å². The van der Waals surface area contributed by atoms with Crippen molar-refractivity contribution in [3.8, 4) is 0 Å². The van der Waals surface area contributed by atoms with E-state index in [4.69, 9.17) is 4.74 Å². The molecule has 2 rings (SSSR count). The Labute approximate surface area is 90.2 Å². The van der Waals surface area contributed by atoms with Crippen LogP contribution in [0.15, 0.2) is 0 Å². The van der Waals surface area contributed by atoms with Gasteiger partial charge in [-0.25, -0.2) is 0 Å². The zero-order chi connectivity index (χ0) is 10.8. The molecular formula is C12H18O3. The van der Waals surface area contributed by atoms with Crippen LogP contribution < -0.4 is 0 Å². The zero-order valence-electron chi connectivity index (χ0n) is 9.20. The van der Waals surface area contributed by atoms with Crippen LogP contribution in [0.2, 0.25) is 0 Å². The summed E-state index contributed by atoms with van der Waals surface area (Å²) in [5.74, 6) is 0.428. The van der Waals surface area contributed by atoms with E-state index in [0.717, 1.165) is 25.7 Å². The average Bonchev–Trinajstić information content (AvgIpc) is 2.85. The molecule has 3 atom stereocenters. The molecule has 3 heteroatoms. The SMILES string of the molecule is CCCCCOC(=O)[C@@H]1[C@H]2CCC(=O)[C@H]21. The van der Waals surface area contributed by atoms with Crippen molar-refractivity contribution in [2.24, 2.45) is 17.8 Å². The highest BCUT2D eigenvalue weighted by molar-refractivity contribution is 5.94. The van der Waals surface area contributed by atoms with Crippen LogP contribution in [0, 0.1) is 17.8 Å². The van der Waals surface area contributed by atoms with E-state index in [1.165, 1.54) is 0 Å². The highest BCUT2D eigenvalue weighted by Crippen LogP contribution is 2.55. The second-order valence-electron chi connectivity index (χ2n) is 4.60. The number of unbranched alkanes of at least 4 members (excludes halogenated alkanes) is 2. The first-order chi connectivity index (χ1) is 7.25. The maximum absolute atomic E-state index is 11.6. The number of hydrogen-bond donors (Lipinski definition) is 0. The van der Waals surface area contributed by atoms with Crippen LogP contribution >= 0.6 is 0 Å². The third-order valence-electron chi connectivity index (χ3n) is 3.53. The van der Waals surface area contributed by atoms with E-state index >= 15 is 0 Å². The van der Waals surface area contributed by atoms with Gasteiger partial charge in [-0.1, -0.05) is 19.8 Å². The number of carbonyl (C=O) groups is 2. The molecule has 0 radical (unpaired) electrons. The van der Waals surface area contributed by atoms with E-state index in [-0.39, 0.29) is 23.6 Å². The van der Waals surface area contributed by atoms with Crippen LogP contribution in [0.25, 0.3) is 0 Å². The molecule has 0 bridgehead atoms. The van der Waals surface area contributed by atoms with Gasteiger partial charge >= 0.3 is 5.97 Å². The van der Waals surface area contributed by atoms with Crippen molar-refractivity contribution in [2.45, 2.75) is 39.0 Å². The standard InChI is InChI=1S/C12H18O3/c1-2-3-4-7-15-12(14)11-8-5-6-9(13)10(8)11/h8,10-11H,2-7H2,1H3/t8-,10-,11+/m0/s1. The Balaban J connectivity index is 1.68. The van der Waals surface area contributed by atoms with Gasteiger partial charge in [-0.05, 0) is 18.8 Å². The molecule has 0 unspecified atom stereocenters. The van der Waals surface area contributed by atoms with E-state index in [1.807, 2.05) is 0 Å². The Morgan fingerprint density at radius 2 is 2.27 bits per heavy atom. The fraction of sp³-hybridized carbons (Fsp3) is 0.833. The van der Waals surface area contributed by atoms with Gasteiger partial charge in [0.05, 0.1) is 12.5 Å². The molecule has 3 nitrogen and oxygen atoms in total. The predicted octanol–water partition coefficient (Wildman–Crippen LogP) is 1.94. The summed E-state index contributed by atoms with van der Waals surface area (Å²) >= 11 is 0. The Morgan fingerprint density at radius 3 is 2.87 bits per heavy atom. The molecule has 2 aliphatic rings. The minimum absolute atomic E-state index is 0.0312. The van der Waals surface area contributed by atoms with E-state index in [1.54, 1.807) is 0 Å². The van der Waals surface area contributed by atoms with E-state index < -0.39 is 0 Å². The molecule has 2 aliphatic carbocycles. The molecule has 0 aromatic rings. The van der Waals surface area contributed by atoms with E-state index in [9.17, 15) is 9.59 Å². The monoisotopic (exact) mass is 210 g/mol. The number of esters is 1. The molecule has 0 amide bonds. The van der Waals surface area contributed by atoms with Gasteiger partial charge in [-0.15, -0.1) is 0 Å². The zero-order valence-corrected chi connectivity index (χ0v) is 9.20. The molecule has 2 fully saturated rings. The molecule has 15 heavy (non-hydrogen) atoms. The van der Waals surface area contributed by atoms with Crippen LogP contribution in [0.3, 0.4) is 0 Å². The molecule has 0 heterocycles. The molecule has 0 saturated heterocycles. The normalized spacial score (nSPS) is 32.6. The van der Waals surface area contributed by atoms with Gasteiger partial charge in [0.1, 0.15) is 5.78 Å². The van der Waals surface area contributed by atoms with Crippen LogP contribution in [0.4, 0.5) is 0 Å². The van der Waals surface area contributed by atoms with E-state index in [0.29, 0.717) is 18.9 Å². The second-order valence-corrected chi connectivity index (χ2v) is 4.60. The largest absolute Gasteiger partial charge is 0.465 e. The van der Waals surface area contributed by atoms with Crippen molar-refractivity contribution in [3.05, 3.63) is 0 Å². The van der Waals surface area contributed by atoms with Gasteiger partial charge in [0, 0.05) is 12.3 Å². The summed E-state index contributed by atoms with van der Waals surface area (Å²) in [5, 5.41) is 0. The summed E-state index contributed by atoms with van der Waals surface area (Å²) in [6.07, 6.45) is 4.75. The van der Waals surface area contributed by atoms with Crippen LogP contribution in [-0.2, 0) is 14.3 Å². The Hall–Kier alpha value is -0.860. The number of hydrogen-bond acceptors (Lipinski definition) is 3. The fourth-order valence-corrected chi connectivity index (χ4v) is 2.59. The van der Waals surface area contributed by atoms with Crippen LogP contribution in [0.1, 0.15) is 39.0 Å². The third kappa shape index (κ3) is 2.06. The van der Waals surface area contributed by atoms with Gasteiger partial charge in [0.2, 0.25) is 0 Å². The predicted molar refractivity (Wildman–Crippen MR) is 55.2 cm³/mol. The minimum Gasteiger partial charge on any atom is -0.465 e. The first-order valence-corrected chi connectivity index (χ1v) is 5.95. The molecule has 0 aliphatic heterocycles. The van der Waals surface area contributed by atoms with Gasteiger partial charge in [0.25, 0.3) is 0 Å². The Kier molecular flexibility index (Phi) is 3.08. The summed E-state index contributed by atoms with van der Waals surface area (Å²) in [7, 11) is 0. The first-order valence-electron chi connectivity index (χ1n) is 5.95. The summed E-state index contributed by atoms with van der Waals surface area (Å²) in [6, 6.07) is 0. The molecular weight excluding hydrogens is 192 g/mol. The summed E-state index contributed by atoms with van der Waals surface area (Å²) < 4.78 is 5.16. The first kappa shape index (κ1) is 10.7. The number of fused-ring (bicyclic) bond motifs is 1. The topological polar surface area (TPSA) is 43.4 Å². The van der Waals surface area contributed by atoms with Crippen LogP contribution in [-0.4, -0.2) is 18.4 Å². The summed E-state index contributed by atoms with van der Waals surface area (Å²) in [5.41, 5.74) is 0. The van der Waals surface area contributed by atoms with Crippen LogP contribution in [0.5, 0.6) is 0 Å². The lowest BCUT2D eigenvalue weighted by molar-refractivity contribution is -0.147. The summed E-state index contributed by atoms with van der Waals surface area (Å²) in [6.45, 7) is 2.64. The van der Waals surface area contributed by atoms with Gasteiger partial charge < -0.3 is 4.74 Å². The number of ketones is 1. The van der Waals surface area contributed by atoms with Gasteiger partial charge in [-0.2, -0.15) is 0 Å². The number of ether oxygens (including phenoxy) is 1. The smallest absolute Gasteiger partial charge is 0.309 e. The average molecular weight is 210 g/mol. The van der Waals surface area contributed by atoms with Crippen molar-refractivity contribution in [3.63, 3.8) is 0 Å². The molecule has 0 spiro atoms. The second kappa shape index (κ2) is 4.33. The minimum atomic E-state index is -0.130. The van der Waals surface area contributed by atoms with Crippen molar-refractivity contribution in [2.75, 3.05) is 6.61 Å². The van der Waals surface area contributed by atoms with Gasteiger partial charge in [-0.3, -0.25) is 9.59 Å². The maximum atomic E-state index is 11.6. The lowest BCUT2D eigenvalue weighted by Gasteiger charge is -2.04. The van der Waals surface area contributed by atoms with Crippen molar-refractivity contribution in [1.82, 2.24) is 0 Å². The lowest BCUT2D eigenvalue weighted by Crippen LogP contribution is -2.13. The Morgan fingerprint density at radius 1 is 1.47 bits per heavy atom. The molecule has 84 valence electrons. The molecule has 0 aromatic heterocycles.